The van der Waals surface area contributed by atoms with E-state index in [1.54, 1.807) is 32.2 Å². The van der Waals surface area contributed by atoms with Crippen molar-refractivity contribution in [1.29, 1.82) is 0 Å². The Balaban J connectivity index is 2.81. The van der Waals surface area contributed by atoms with Crippen molar-refractivity contribution in [2.45, 2.75) is 13.8 Å². The van der Waals surface area contributed by atoms with E-state index in [2.05, 4.69) is 4.98 Å². The molecular weight excluding hydrogens is 218 g/mol. The third kappa shape index (κ3) is 1.80. The van der Waals surface area contributed by atoms with E-state index < -0.39 is 0 Å². The van der Waals surface area contributed by atoms with Crippen LogP contribution in [-0.4, -0.2) is 22.6 Å². The second-order valence-corrected chi connectivity index (χ2v) is 3.84. The van der Waals surface area contributed by atoms with E-state index in [-0.39, 0.29) is 11.5 Å². The number of hydrogen-bond donors (Lipinski definition) is 0. The van der Waals surface area contributed by atoms with Crippen LogP contribution in [0, 0.1) is 6.92 Å². The van der Waals surface area contributed by atoms with Gasteiger partial charge in [0.15, 0.2) is 0 Å². The van der Waals surface area contributed by atoms with Gasteiger partial charge >= 0.3 is 0 Å². The van der Waals surface area contributed by atoms with E-state index in [9.17, 15) is 9.59 Å². The van der Waals surface area contributed by atoms with E-state index >= 15 is 0 Å². The van der Waals surface area contributed by atoms with Crippen molar-refractivity contribution in [3.63, 3.8) is 0 Å². The average Bonchev–Trinajstić information content (AvgIpc) is 2.28. The van der Waals surface area contributed by atoms with Crippen LogP contribution >= 0.6 is 0 Å². The van der Waals surface area contributed by atoms with Gasteiger partial charge in [0.1, 0.15) is 5.82 Å². The summed E-state index contributed by atoms with van der Waals surface area (Å²) in [7, 11) is 1.55. The Kier molecular flexibility index (Phi) is 2.67. The monoisotopic (exact) mass is 231 g/mol. The van der Waals surface area contributed by atoms with Gasteiger partial charge in [-0.3, -0.25) is 9.59 Å². The number of hydrogen-bond acceptors (Lipinski definition) is 3. The van der Waals surface area contributed by atoms with E-state index in [1.807, 2.05) is 6.07 Å². The molecule has 2 aromatic rings. The van der Waals surface area contributed by atoms with Gasteiger partial charge in [0.25, 0.3) is 5.56 Å². The van der Waals surface area contributed by atoms with Gasteiger partial charge in [-0.15, -0.1) is 0 Å². The summed E-state index contributed by atoms with van der Waals surface area (Å²) in [6, 6.07) is 7.09. The number of para-hydroxylation sites is 1. The van der Waals surface area contributed by atoms with E-state index in [1.165, 1.54) is 16.6 Å². The highest BCUT2D eigenvalue weighted by atomic mass is 16.2. The predicted octanol–water partition coefficient (Wildman–Crippen LogP) is 0.819. The van der Waals surface area contributed by atoms with Gasteiger partial charge < -0.3 is 0 Å². The zero-order valence-electron chi connectivity index (χ0n) is 9.97. The normalized spacial score (nSPS) is 10.5. The van der Waals surface area contributed by atoms with Crippen molar-refractivity contribution >= 4 is 16.8 Å². The summed E-state index contributed by atoms with van der Waals surface area (Å²) in [6.07, 6.45) is 0. The van der Waals surface area contributed by atoms with Gasteiger partial charge in [0.2, 0.25) is 5.91 Å². The molecule has 0 fully saturated rings. The lowest BCUT2D eigenvalue weighted by Gasteiger charge is -2.19. The van der Waals surface area contributed by atoms with Crippen LogP contribution in [0.15, 0.2) is 29.1 Å². The summed E-state index contributed by atoms with van der Waals surface area (Å²) in [5, 5.41) is 1.77. The molecule has 0 aliphatic rings. The number of aryl methyl sites for hydroxylation is 1. The third-order valence-electron chi connectivity index (χ3n) is 2.67. The number of carbonyl (C=O) groups is 1. The first-order valence-corrected chi connectivity index (χ1v) is 5.25. The molecule has 0 bridgehead atoms. The van der Waals surface area contributed by atoms with Gasteiger partial charge in [-0.05, 0) is 19.1 Å². The molecule has 0 atom stereocenters. The van der Waals surface area contributed by atoms with E-state index in [0.29, 0.717) is 16.7 Å². The minimum Gasteiger partial charge on any atom is -0.273 e. The van der Waals surface area contributed by atoms with Crippen LogP contribution < -0.4 is 10.6 Å². The Morgan fingerprint density at radius 1 is 1.35 bits per heavy atom. The van der Waals surface area contributed by atoms with Crippen molar-refractivity contribution in [2.24, 2.45) is 0 Å². The lowest BCUT2D eigenvalue weighted by atomic mass is 10.2. The van der Waals surface area contributed by atoms with Gasteiger partial charge in [-0.1, -0.05) is 12.1 Å². The molecular formula is C12H13N3O2. The minimum absolute atomic E-state index is 0.215. The van der Waals surface area contributed by atoms with Crippen molar-refractivity contribution in [1.82, 2.24) is 9.66 Å². The van der Waals surface area contributed by atoms with Crippen LogP contribution in [0.25, 0.3) is 10.9 Å². The number of aromatic nitrogens is 2. The average molecular weight is 231 g/mol. The zero-order chi connectivity index (χ0) is 12.6. The Morgan fingerprint density at radius 3 is 2.65 bits per heavy atom. The molecule has 0 aliphatic carbocycles. The Hall–Kier alpha value is -2.17. The zero-order valence-corrected chi connectivity index (χ0v) is 9.97. The fraction of sp³-hybridized carbons (Fsp3) is 0.250. The number of benzene rings is 1. The molecule has 5 heteroatoms. The topological polar surface area (TPSA) is 55.2 Å². The molecule has 17 heavy (non-hydrogen) atoms. The standard InChI is InChI=1S/C12H13N3O2/c1-8-13-11-7-5-4-6-10(11)12(17)15(8)14(3)9(2)16/h4-7H,1-3H3. The molecule has 5 nitrogen and oxygen atoms in total. The number of amides is 1. The molecule has 88 valence electrons. The van der Waals surface area contributed by atoms with Crippen molar-refractivity contribution in [3.8, 4) is 0 Å². The molecule has 1 aromatic heterocycles. The Bertz CT molecular complexity index is 646. The molecule has 0 unspecified atom stereocenters. The van der Waals surface area contributed by atoms with Crippen LogP contribution in [0.5, 0.6) is 0 Å². The molecule has 0 spiro atoms. The summed E-state index contributed by atoms with van der Waals surface area (Å²) < 4.78 is 1.28. The first-order valence-electron chi connectivity index (χ1n) is 5.25. The summed E-state index contributed by atoms with van der Waals surface area (Å²) in [5.74, 6) is 0.277. The second kappa shape index (κ2) is 4.01. The first-order chi connectivity index (χ1) is 8.02. The van der Waals surface area contributed by atoms with Crippen LogP contribution in [0.3, 0.4) is 0 Å². The molecule has 0 aliphatic heterocycles. The predicted molar refractivity (Wildman–Crippen MR) is 65.6 cm³/mol. The third-order valence-corrected chi connectivity index (χ3v) is 2.67. The lowest BCUT2D eigenvalue weighted by Crippen LogP contribution is -2.44. The van der Waals surface area contributed by atoms with Crippen molar-refractivity contribution in [2.75, 3.05) is 12.1 Å². The van der Waals surface area contributed by atoms with Crippen LogP contribution in [0.2, 0.25) is 0 Å². The number of carbonyl (C=O) groups excluding carboxylic acids is 1. The van der Waals surface area contributed by atoms with Crippen molar-refractivity contribution in [3.05, 3.63) is 40.4 Å². The van der Waals surface area contributed by atoms with E-state index in [0.717, 1.165) is 0 Å². The summed E-state index contributed by atoms with van der Waals surface area (Å²) in [4.78, 5) is 27.9. The first kappa shape index (κ1) is 11.3. The molecule has 0 radical (unpaired) electrons. The number of nitrogens with zero attached hydrogens (tertiary/aromatic N) is 3. The summed E-state index contributed by atoms with van der Waals surface area (Å²) in [5.41, 5.74) is 0.411. The number of fused-ring (bicyclic) bond motifs is 1. The van der Waals surface area contributed by atoms with Gasteiger partial charge in [-0.2, -0.15) is 0 Å². The maximum atomic E-state index is 12.2. The summed E-state index contributed by atoms with van der Waals surface area (Å²) >= 11 is 0. The smallest absolute Gasteiger partial charge is 0.273 e. The fourth-order valence-corrected chi connectivity index (χ4v) is 1.73. The van der Waals surface area contributed by atoms with Crippen LogP contribution in [0.1, 0.15) is 12.7 Å². The Morgan fingerprint density at radius 2 is 2.00 bits per heavy atom. The Labute approximate surface area is 98.3 Å². The largest absolute Gasteiger partial charge is 0.280 e. The lowest BCUT2D eigenvalue weighted by molar-refractivity contribution is -0.117. The second-order valence-electron chi connectivity index (χ2n) is 3.84. The van der Waals surface area contributed by atoms with Crippen LogP contribution in [-0.2, 0) is 4.79 Å². The molecule has 1 heterocycles. The molecule has 1 amide bonds. The quantitative estimate of drug-likeness (QED) is 0.730. The molecule has 1 aromatic carbocycles. The van der Waals surface area contributed by atoms with Gasteiger partial charge in [0, 0.05) is 14.0 Å². The maximum absolute atomic E-state index is 12.2. The molecule has 0 saturated heterocycles. The highest BCUT2D eigenvalue weighted by molar-refractivity contribution is 5.84. The minimum atomic E-state index is -0.231. The maximum Gasteiger partial charge on any atom is 0.280 e. The highest BCUT2D eigenvalue weighted by Crippen LogP contribution is 2.07. The van der Waals surface area contributed by atoms with E-state index in [4.69, 9.17) is 0 Å². The van der Waals surface area contributed by atoms with Gasteiger partial charge in [-0.25, -0.2) is 14.7 Å². The van der Waals surface area contributed by atoms with Crippen LogP contribution in [0.4, 0.5) is 0 Å². The molecule has 0 N–H and O–H groups in total. The fourth-order valence-electron chi connectivity index (χ4n) is 1.73. The molecule has 2 rings (SSSR count). The number of rotatable bonds is 1. The summed E-state index contributed by atoms with van der Waals surface area (Å²) in [6.45, 7) is 3.11. The van der Waals surface area contributed by atoms with Crippen molar-refractivity contribution < 1.29 is 4.79 Å². The molecule has 0 saturated carbocycles. The highest BCUT2D eigenvalue weighted by Gasteiger charge is 2.13. The van der Waals surface area contributed by atoms with Gasteiger partial charge in [0.05, 0.1) is 10.9 Å². The SMILES string of the molecule is CC(=O)N(C)n1c(C)nc2ccccc2c1=O.